The van der Waals surface area contributed by atoms with Crippen LogP contribution in [0.3, 0.4) is 0 Å². The van der Waals surface area contributed by atoms with Gasteiger partial charge in [-0.3, -0.25) is 0 Å². The van der Waals surface area contributed by atoms with E-state index in [2.05, 4.69) is 84.0 Å². The first-order valence-corrected chi connectivity index (χ1v) is 11.1. The molecule has 0 spiro atoms. The van der Waals surface area contributed by atoms with Crippen molar-refractivity contribution in [1.29, 1.82) is 0 Å². The quantitative estimate of drug-likeness (QED) is 0.353. The third-order valence-corrected chi connectivity index (χ3v) is 12.3. The highest BCUT2D eigenvalue weighted by atomic mass is 28.3. The highest BCUT2D eigenvalue weighted by Crippen LogP contribution is 2.52. The lowest BCUT2D eigenvalue weighted by Crippen LogP contribution is -2.49. The fourth-order valence-corrected chi connectivity index (χ4v) is 10.6. The third-order valence-electron chi connectivity index (χ3n) is 5.64. The molecule has 0 radical (unpaired) electrons. The first kappa shape index (κ1) is 19.8. The second-order valence-corrected chi connectivity index (χ2v) is 13.7. The van der Waals surface area contributed by atoms with E-state index in [9.17, 15) is 0 Å². The summed E-state index contributed by atoms with van der Waals surface area (Å²) in [7, 11) is -1.80. The van der Waals surface area contributed by atoms with Crippen LogP contribution in [-0.4, -0.2) is 8.07 Å². The highest BCUT2D eigenvalue weighted by molar-refractivity contribution is 6.91. The molecule has 0 saturated carbocycles. The first-order valence-electron chi connectivity index (χ1n) is 8.90. The van der Waals surface area contributed by atoms with Crippen LogP contribution in [0.25, 0.3) is 5.57 Å². The van der Waals surface area contributed by atoms with Gasteiger partial charge in [-0.25, -0.2) is 0 Å². The molecule has 0 saturated heterocycles. The molecule has 0 unspecified atom stereocenters. The molecular formula is C22H34Si. The molecule has 0 heterocycles. The molecule has 0 nitrogen and oxygen atoms in total. The summed E-state index contributed by atoms with van der Waals surface area (Å²) in [5.74, 6) is 0. The molecule has 0 aliphatic carbocycles. The minimum Gasteiger partial charge on any atom is -0.133 e. The van der Waals surface area contributed by atoms with E-state index >= 15 is 0 Å². The summed E-state index contributed by atoms with van der Waals surface area (Å²) in [6, 6.07) is 10.5. The van der Waals surface area contributed by atoms with Crippen molar-refractivity contribution in [2.75, 3.05) is 0 Å². The van der Waals surface area contributed by atoms with E-state index in [4.69, 9.17) is 6.42 Å². The molecule has 0 aliphatic rings. The molecule has 0 aromatic heterocycles. The minimum atomic E-state index is -1.80. The fraction of sp³-hybridized carbons (Fsp3) is 0.545. The van der Waals surface area contributed by atoms with Crippen molar-refractivity contribution < 1.29 is 0 Å². The summed E-state index contributed by atoms with van der Waals surface area (Å²) < 4.78 is 0. The van der Waals surface area contributed by atoms with E-state index in [0.29, 0.717) is 11.1 Å². The predicted molar refractivity (Wildman–Crippen MR) is 108 cm³/mol. The van der Waals surface area contributed by atoms with Gasteiger partial charge in [0, 0.05) is 0 Å². The van der Waals surface area contributed by atoms with Gasteiger partial charge >= 0.3 is 0 Å². The van der Waals surface area contributed by atoms with Gasteiger partial charge < -0.3 is 0 Å². The van der Waals surface area contributed by atoms with Crippen LogP contribution < -0.4 is 0 Å². The number of terminal acetylenes is 1. The number of hydrogen-bond donors (Lipinski definition) is 0. The lowest BCUT2D eigenvalue weighted by Gasteiger charge is -2.47. The molecule has 1 aromatic rings. The van der Waals surface area contributed by atoms with Crippen molar-refractivity contribution in [3.05, 3.63) is 42.5 Å². The zero-order valence-electron chi connectivity index (χ0n) is 15.9. The Bertz CT molecular complexity index is 535. The Morgan fingerprint density at radius 3 is 2.09 bits per heavy atom. The Morgan fingerprint density at radius 1 is 1.13 bits per heavy atom. The molecule has 0 atom stereocenters. The van der Waals surface area contributed by atoms with Crippen LogP contribution in [0.1, 0.15) is 66.4 Å². The van der Waals surface area contributed by atoms with Crippen LogP contribution in [0.15, 0.2) is 36.9 Å². The SMILES string of the molecule is C#C[Si](C(C)C)(C(C)C)C(C)(C)CCCC(=C)c1ccccc1. The summed E-state index contributed by atoms with van der Waals surface area (Å²) >= 11 is 0. The van der Waals surface area contributed by atoms with Crippen LogP contribution in [0.5, 0.6) is 0 Å². The molecular weight excluding hydrogens is 292 g/mol. The summed E-state index contributed by atoms with van der Waals surface area (Å²) in [5.41, 5.74) is 7.06. The van der Waals surface area contributed by atoms with Gasteiger partial charge in [-0.15, -0.1) is 12.0 Å². The minimum absolute atomic E-state index is 0.251. The predicted octanol–water partition coefficient (Wildman–Crippen LogP) is 7.09. The topological polar surface area (TPSA) is 0 Å². The van der Waals surface area contributed by atoms with Gasteiger partial charge in [-0.2, -0.15) is 0 Å². The molecule has 126 valence electrons. The van der Waals surface area contributed by atoms with E-state index in [1.165, 1.54) is 17.6 Å². The fourth-order valence-electron chi connectivity index (χ4n) is 4.53. The van der Waals surface area contributed by atoms with E-state index < -0.39 is 8.07 Å². The molecule has 0 amide bonds. The van der Waals surface area contributed by atoms with E-state index in [1.54, 1.807) is 0 Å². The van der Waals surface area contributed by atoms with Gasteiger partial charge in [0.2, 0.25) is 0 Å². The summed E-state index contributed by atoms with van der Waals surface area (Å²) in [6.45, 7) is 18.4. The van der Waals surface area contributed by atoms with Crippen molar-refractivity contribution in [2.45, 2.75) is 76.9 Å². The van der Waals surface area contributed by atoms with Gasteiger partial charge in [0.25, 0.3) is 0 Å². The maximum atomic E-state index is 6.11. The molecule has 1 heteroatoms. The molecule has 23 heavy (non-hydrogen) atoms. The Hall–Kier alpha value is -1.26. The van der Waals surface area contributed by atoms with Gasteiger partial charge in [0.05, 0.1) is 0 Å². The molecule has 1 rings (SSSR count). The first-order chi connectivity index (χ1) is 10.7. The maximum Gasteiger partial charge on any atom is 0.148 e. The number of allylic oxidation sites excluding steroid dienone is 1. The Labute approximate surface area is 145 Å². The largest absolute Gasteiger partial charge is 0.148 e. The van der Waals surface area contributed by atoms with Gasteiger partial charge in [0.1, 0.15) is 8.07 Å². The van der Waals surface area contributed by atoms with Gasteiger partial charge in [-0.1, -0.05) is 78.5 Å². The standard InChI is InChI=1S/C22H34Si/c1-9-23(18(2)3,19(4)5)22(7,8)17-13-14-20(6)21-15-11-10-12-16-21/h1,10-12,15-16,18-19H,6,13-14,17H2,2-5,7-8H3. The second-order valence-electron chi connectivity index (χ2n) is 8.03. The molecule has 1 aromatic carbocycles. The Morgan fingerprint density at radius 2 is 1.65 bits per heavy atom. The monoisotopic (exact) mass is 326 g/mol. The van der Waals surface area contributed by atoms with Crippen LogP contribution in [-0.2, 0) is 0 Å². The number of benzene rings is 1. The summed E-state index contributed by atoms with van der Waals surface area (Å²) in [6.07, 6.45) is 9.52. The van der Waals surface area contributed by atoms with Crippen LogP contribution >= 0.6 is 0 Å². The van der Waals surface area contributed by atoms with Crippen molar-refractivity contribution >= 4 is 13.6 Å². The van der Waals surface area contributed by atoms with Crippen LogP contribution in [0.2, 0.25) is 16.1 Å². The van der Waals surface area contributed by atoms with Gasteiger partial charge in [0.15, 0.2) is 0 Å². The lowest BCUT2D eigenvalue weighted by molar-refractivity contribution is 0.541. The van der Waals surface area contributed by atoms with Crippen molar-refractivity contribution in [3.8, 4) is 12.0 Å². The van der Waals surface area contributed by atoms with Gasteiger partial charge in [-0.05, 0) is 46.5 Å². The number of hydrogen-bond acceptors (Lipinski definition) is 0. The normalized spacial score (nSPS) is 12.5. The molecule has 0 aliphatic heterocycles. The molecule has 0 fully saturated rings. The van der Waals surface area contributed by atoms with Crippen LogP contribution in [0.4, 0.5) is 0 Å². The van der Waals surface area contributed by atoms with Crippen molar-refractivity contribution in [2.24, 2.45) is 0 Å². The van der Waals surface area contributed by atoms with E-state index in [0.717, 1.165) is 12.8 Å². The zero-order chi connectivity index (χ0) is 17.7. The van der Waals surface area contributed by atoms with E-state index in [1.807, 2.05) is 0 Å². The Kier molecular flexibility index (Phi) is 6.90. The second kappa shape index (κ2) is 8.02. The smallest absolute Gasteiger partial charge is 0.133 e. The maximum absolute atomic E-state index is 6.11. The summed E-state index contributed by atoms with van der Waals surface area (Å²) in [5, 5.41) is 0.251. The zero-order valence-corrected chi connectivity index (χ0v) is 16.9. The van der Waals surface area contributed by atoms with Crippen molar-refractivity contribution in [1.82, 2.24) is 0 Å². The lowest BCUT2D eigenvalue weighted by atomic mass is 9.98. The average Bonchev–Trinajstić information content (AvgIpc) is 2.47. The third kappa shape index (κ3) is 4.18. The van der Waals surface area contributed by atoms with Crippen molar-refractivity contribution in [3.63, 3.8) is 0 Å². The Balaban J connectivity index is 2.78. The van der Waals surface area contributed by atoms with Crippen LogP contribution in [0, 0.1) is 12.0 Å². The summed E-state index contributed by atoms with van der Waals surface area (Å²) in [4.78, 5) is 0. The number of rotatable bonds is 8. The molecule has 0 bridgehead atoms. The highest BCUT2D eigenvalue weighted by Gasteiger charge is 2.50. The van der Waals surface area contributed by atoms with E-state index in [-0.39, 0.29) is 5.04 Å². The molecule has 0 N–H and O–H groups in total. The average molecular weight is 327 g/mol.